The van der Waals surface area contributed by atoms with E-state index in [1.807, 2.05) is 0 Å². The quantitative estimate of drug-likeness (QED) is 0.799. The fourth-order valence-electron chi connectivity index (χ4n) is 2.79. The van der Waals surface area contributed by atoms with E-state index in [-0.39, 0.29) is 16.2 Å². The lowest BCUT2D eigenvalue weighted by atomic mass is 9.91. The van der Waals surface area contributed by atoms with Crippen LogP contribution in [0.5, 0.6) is 0 Å². The largest absolute Gasteiger partial charge is 0.312 e. The van der Waals surface area contributed by atoms with Gasteiger partial charge in [-0.2, -0.15) is 0 Å². The van der Waals surface area contributed by atoms with Crippen molar-refractivity contribution in [1.82, 2.24) is 4.72 Å². The molecule has 2 rings (SSSR count). The summed E-state index contributed by atoms with van der Waals surface area (Å²) < 4.78 is 27.3. The van der Waals surface area contributed by atoms with Gasteiger partial charge in [0.05, 0.1) is 4.90 Å². The Balaban J connectivity index is 1.97. The van der Waals surface area contributed by atoms with E-state index in [0.29, 0.717) is 19.5 Å². The first-order chi connectivity index (χ1) is 11.2. The Morgan fingerprint density at radius 1 is 1.12 bits per heavy atom. The molecule has 0 spiro atoms. The number of rotatable bonds is 6. The number of nitrogens with one attached hydrogen (secondary N) is 1. The van der Waals surface area contributed by atoms with Gasteiger partial charge in [0.25, 0.3) is 0 Å². The Kier molecular flexibility index (Phi) is 6.04. The van der Waals surface area contributed by atoms with Gasteiger partial charge < -0.3 is 4.90 Å². The number of hydrogen-bond acceptors (Lipinski definition) is 3. The van der Waals surface area contributed by atoms with Gasteiger partial charge in [-0.3, -0.25) is 4.79 Å². The first-order valence-electron chi connectivity index (χ1n) is 8.59. The third-order valence-corrected chi connectivity index (χ3v) is 5.65. The summed E-state index contributed by atoms with van der Waals surface area (Å²) in [5.41, 5.74) is 0.972. The van der Waals surface area contributed by atoms with Crippen molar-refractivity contribution in [2.75, 3.05) is 18.0 Å². The highest BCUT2D eigenvalue weighted by Gasteiger charge is 2.20. The summed E-state index contributed by atoms with van der Waals surface area (Å²) in [7, 11) is -3.49. The van der Waals surface area contributed by atoms with Crippen LogP contribution in [0.1, 0.15) is 52.9 Å². The van der Waals surface area contributed by atoms with Crippen LogP contribution in [0.15, 0.2) is 29.2 Å². The molecule has 0 unspecified atom stereocenters. The number of carbonyl (C=O) groups is 1. The van der Waals surface area contributed by atoms with Crippen LogP contribution in [-0.4, -0.2) is 27.4 Å². The molecule has 1 fully saturated rings. The van der Waals surface area contributed by atoms with Crippen molar-refractivity contribution in [1.29, 1.82) is 0 Å². The van der Waals surface area contributed by atoms with E-state index in [0.717, 1.165) is 31.4 Å². The van der Waals surface area contributed by atoms with Crippen molar-refractivity contribution < 1.29 is 13.2 Å². The van der Waals surface area contributed by atoms with Gasteiger partial charge in [0.1, 0.15) is 0 Å². The summed E-state index contributed by atoms with van der Waals surface area (Å²) in [5, 5.41) is 0. The average Bonchev–Trinajstić information content (AvgIpc) is 2.51. The van der Waals surface area contributed by atoms with Gasteiger partial charge in [-0.15, -0.1) is 0 Å². The molecule has 1 N–H and O–H groups in total. The summed E-state index contributed by atoms with van der Waals surface area (Å²) in [6.07, 6.45) is 4.26. The molecule has 1 aliphatic heterocycles. The Bertz CT molecular complexity index is 660. The summed E-state index contributed by atoms with van der Waals surface area (Å²) in [6.45, 7) is 7.56. The number of piperidine rings is 1. The number of nitrogens with zero attached hydrogens (tertiary/aromatic N) is 1. The van der Waals surface area contributed by atoms with Crippen LogP contribution in [0.3, 0.4) is 0 Å². The van der Waals surface area contributed by atoms with Crippen LogP contribution in [0.25, 0.3) is 0 Å². The van der Waals surface area contributed by atoms with E-state index >= 15 is 0 Å². The zero-order valence-electron chi connectivity index (χ0n) is 14.8. The SMILES string of the molecule is CC(C)(C)CCCNS(=O)(=O)c1ccc(N2CCCCC2=O)cc1. The number of amides is 1. The van der Waals surface area contributed by atoms with Crippen LogP contribution in [0, 0.1) is 5.41 Å². The minimum absolute atomic E-state index is 0.108. The second-order valence-corrected chi connectivity index (χ2v) is 9.33. The summed E-state index contributed by atoms with van der Waals surface area (Å²) >= 11 is 0. The Labute approximate surface area is 145 Å². The fraction of sp³-hybridized carbons (Fsp3) is 0.611. The van der Waals surface area contributed by atoms with Crippen molar-refractivity contribution >= 4 is 21.6 Å². The maximum absolute atomic E-state index is 12.3. The fourth-order valence-corrected chi connectivity index (χ4v) is 3.87. The molecule has 1 aromatic carbocycles. The lowest BCUT2D eigenvalue weighted by Gasteiger charge is -2.26. The van der Waals surface area contributed by atoms with Gasteiger partial charge in [0, 0.05) is 25.2 Å². The molecule has 6 heteroatoms. The van der Waals surface area contributed by atoms with Gasteiger partial charge in [-0.25, -0.2) is 13.1 Å². The van der Waals surface area contributed by atoms with E-state index in [2.05, 4.69) is 25.5 Å². The Morgan fingerprint density at radius 3 is 2.38 bits per heavy atom. The van der Waals surface area contributed by atoms with E-state index in [4.69, 9.17) is 0 Å². The van der Waals surface area contributed by atoms with Crippen LogP contribution < -0.4 is 9.62 Å². The van der Waals surface area contributed by atoms with Gasteiger partial charge in [-0.1, -0.05) is 20.8 Å². The van der Waals surface area contributed by atoms with Crippen molar-refractivity contribution in [2.24, 2.45) is 5.41 Å². The molecule has 0 bridgehead atoms. The molecule has 134 valence electrons. The summed E-state index contributed by atoms with van der Waals surface area (Å²) in [5.74, 6) is 0.108. The average molecular weight is 353 g/mol. The molecule has 1 aliphatic rings. The van der Waals surface area contributed by atoms with Crippen LogP contribution in [-0.2, 0) is 14.8 Å². The monoisotopic (exact) mass is 352 g/mol. The summed E-state index contributed by atoms with van der Waals surface area (Å²) in [4.78, 5) is 13.9. The zero-order chi connectivity index (χ0) is 17.8. The van der Waals surface area contributed by atoms with E-state index in [1.165, 1.54) is 0 Å². The molecular weight excluding hydrogens is 324 g/mol. The standard InChI is InChI=1S/C18H28N2O3S/c1-18(2,3)12-6-13-19-24(22,23)16-10-8-15(9-11-16)20-14-5-4-7-17(20)21/h8-11,19H,4-7,12-14H2,1-3H3. The first-order valence-corrected chi connectivity index (χ1v) is 10.1. The predicted molar refractivity (Wildman–Crippen MR) is 96.5 cm³/mol. The number of benzene rings is 1. The smallest absolute Gasteiger partial charge is 0.240 e. The lowest BCUT2D eigenvalue weighted by Crippen LogP contribution is -2.35. The van der Waals surface area contributed by atoms with E-state index in [1.54, 1.807) is 29.2 Å². The first kappa shape index (κ1) is 18.9. The number of sulfonamides is 1. The molecule has 0 atom stereocenters. The second-order valence-electron chi connectivity index (χ2n) is 7.56. The van der Waals surface area contributed by atoms with Crippen LogP contribution >= 0.6 is 0 Å². The zero-order valence-corrected chi connectivity index (χ0v) is 15.7. The minimum Gasteiger partial charge on any atom is -0.312 e. The van der Waals surface area contributed by atoms with Gasteiger partial charge in [0.2, 0.25) is 15.9 Å². The van der Waals surface area contributed by atoms with Crippen molar-refractivity contribution in [3.63, 3.8) is 0 Å². The molecule has 1 amide bonds. The molecular formula is C18H28N2O3S. The highest BCUT2D eigenvalue weighted by molar-refractivity contribution is 7.89. The lowest BCUT2D eigenvalue weighted by molar-refractivity contribution is -0.119. The molecule has 0 aliphatic carbocycles. The third-order valence-electron chi connectivity index (χ3n) is 4.18. The molecule has 24 heavy (non-hydrogen) atoms. The van der Waals surface area contributed by atoms with Crippen molar-refractivity contribution in [3.05, 3.63) is 24.3 Å². The Hall–Kier alpha value is -1.40. The highest BCUT2D eigenvalue weighted by Crippen LogP contribution is 2.23. The van der Waals surface area contributed by atoms with Crippen molar-refractivity contribution in [2.45, 2.75) is 57.8 Å². The minimum atomic E-state index is -3.49. The maximum Gasteiger partial charge on any atom is 0.240 e. The molecule has 1 saturated heterocycles. The predicted octanol–water partition coefficient (Wildman–Crippen LogP) is 3.31. The molecule has 0 radical (unpaired) electrons. The molecule has 1 aromatic rings. The molecule has 0 saturated carbocycles. The van der Waals surface area contributed by atoms with Gasteiger partial charge >= 0.3 is 0 Å². The van der Waals surface area contributed by atoms with Gasteiger partial charge in [0.15, 0.2) is 0 Å². The Morgan fingerprint density at radius 2 is 1.79 bits per heavy atom. The van der Waals surface area contributed by atoms with Crippen LogP contribution in [0.4, 0.5) is 5.69 Å². The molecule has 0 aromatic heterocycles. The third kappa shape index (κ3) is 5.31. The topological polar surface area (TPSA) is 66.5 Å². The molecule has 1 heterocycles. The van der Waals surface area contributed by atoms with E-state index < -0.39 is 10.0 Å². The number of carbonyl (C=O) groups excluding carboxylic acids is 1. The number of hydrogen-bond donors (Lipinski definition) is 1. The highest BCUT2D eigenvalue weighted by atomic mass is 32.2. The number of anilines is 1. The van der Waals surface area contributed by atoms with Crippen LogP contribution in [0.2, 0.25) is 0 Å². The van der Waals surface area contributed by atoms with Gasteiger partial charge in [-0.05, 0) is 55.4 Å². The summed E-state index contributed by atoms with van der Waals surface area (Å²) in [6, 6.07) is 6.58. The normalized spacial score (nSPS) is 16.5. The molecule has 5 nitrogen and oxygen atoms in total. The van der Waals surface area contributed by atoms with E-state index in [9.17, 15) is 13.2 Å². The maximum atomic E-state index is 12.3. The van der Waals surface area contributed by atoms with Crippen molar-refractivity contribution in [3.8, 4) is 0 Å². The second kappa shape index (κ2) is 7.66.